The molecule has 5 aliphatic carbocycles. The number of amides is 2. The van der Waals surface area contributed by atoms with Gasteiger partial charge in [-0.2, -0.15) is 9.78 Å². The number of allylic oxidation sites excluding steroid dienone is 1. The maximum atomic E-state index is 12.1. The predicted octanol–water partition coefficient (Wildman–Crippen LogP) is 4.21. The van der Waals surface area contributed by atoms with E-state index in [1.807, 2.05) is 36.4 Å². The van der Waals surface area contributed by atoms with Gasteiger partial charge in [0.1, 0.15) is 0 Å². The fraction of sp³-hybridized carbons (Fsp3) is 0.609. The zero-order chi connectivity index (χ0) is 20.2. The number of ether oxygens (including phenoxy) is 1. The molecule has 0 radical (unpaired) electrons. The summed E-state index contributed by atoms with van der Waals surface area (Å²) in [5, 5.41) is 2.79. The van der Waals surface area contributed by atoms with Gasteiger partial charge >= 0.3 is 6.03 Å². The van der Waals surface area contributed by atoms with Crippen LogP contribution in [0, 0.1) is 23.7 Å². The normalized spacial score (nSPS) is 41.1. The van der Waals surface area contributed by atoms with Gasteiger partial charge in [-0.3, -0.25) is 5.43 Å². The maximum absolute atomic E-state index is 12.1. The van der Waals surface area contributed by atoms with Crippen molar-refractivity contribution in [2.75, 3.05) is 5.32 Å². The molecule has 2 spiro atoms. The highest BCUT2D eigenvalue weighted by atomic mass is 17.3. The monoisotopic (exact) mass is 411 g/mol. The first-order chi connectivity index (χ1) is 14.6. The van der Waals surface area contributed by atoms with Crippen LogP contribution in [0.15, 0.2) is 42.1 Å². The van der Waals surface area contributed by atoms with E-state index in [0.717, 1.165) is 29.6 Å². The minimum atomic E-state index is -0.688. The van der Waals surface area contributed by atoms with Crippen LogP contribution in [0.5, 0.6) is 0 Å². The minimum absolute atomic E-state index is 0.299. The van der Waals surface area contributed by atoms with Crippen LogP contribution in [-0.2, 0) is 14.5 Å². The molecule has 1 aromatic rings. The molecule has 2 amide bonds. The van der Waals surface area contributed by atoms with E-state index in [4.69, 9.17) is 14.5 Å². The molecule has 0 aromatic heterocycles. The largest absolute Gasteiger partial charge is 0.337 e. The maximum Gasteiger partial charge on any atom is 0.337 e. The smallest absolute Gasteiger partial charge is 0.311 e. The van der Waals surface area contributed by atoms with Crippen LogP contribution in [0.3, 0.4) is 0 Å². The number of anilines is 1. The van der Waals surface area contributed by atoms with Gasteiger partial charge in [0.25, 0.3) is 0 Å². The fourth-order valence-corrected chi connectivity index (χ4v) is 6.52. The fourth-order valence-electron chi connectivity index (χ4n) is 6.52. The number of benzene rings is 1. The molecular weight excluding hydrogens is 382 g/mol. The SMILES string of the molecule is O=C(NNC1=CCC2(CC1)OOC1(O2)C2CC3CC(C2)CC1C3)Nc1ccccc1. The molecule has 4 saturated carbocycles. The van der Waals surface area contributed by atoms with Crippen molar-refractivity contribution in [3.8, 4) is 0 Å². The van der Waals surface area contributed by atoms with E-state index in [9.17, 15) is 4.79 Å². The number of nitrogens with one attached hydrogen (secondary N) is 3. The number of hydrazine groups is 1. The Kier molecular flexibility index (Phi) is 4.34. The Morgan fingerprint density at radius 1 is 0.967 bits per heavy atom. The molecule has 1 saturated heterocycles. The Balaban J connectivity index is 1.06. The molecule has 5 fully saturated rings. The average Bonchev–Trinajstić information content (AvgIpc) is 3.12. The third-order valence-corrected chi connectivity index (χ3v) is 7.75. The number of urea groups is 1. The standard InChI is InChI=1S/C23H29N3O4/c27-21(24-19-4-2-1-3-5-19)26-25-20-6-8-22(9-7-20)28-23(30-29-22)17-11-15-10-16(13-17)14-18(23)12-15/h1-6,15-18,25H,7-14H2,(H2,24,26,27). The molecule has 1 unspecified atom stereocenters. The average molecular weight is 412 g/mol. The second kappa shape index (κ2) is 6.97. The van der Waals surface area contributed by atoms with Gasteiger partial charge in [0.05, 0.1) is 0 Å². The summed E-state index contributed by atoms with van der Waals surface area (Å²) in [6, 6.07) is 9.06. The Bertz CT molecular complexity index is 829. The molecule has 1 atom stereocenters. The first-order valence-corrected chi connectivity index (χ1v) is 11.3. The molecule has 7 nitrogen and oxygen atoms in total. The lowest BCUT2D eigenvalue weighted by Gasteiger charge is -2.57. The Hall–Kier alpha value is -2.09. The molecular formula is C23H29N3O4. The highest BCUT2D eigenvalue weighted by Crippen LogP contribution is 2.63. The Morgan fingerprint density at radius 3 is 2.37 bits per heavy atom. The molecule has 3 N–H and O–H groups in total. The van der Waals surface area contributed by atoms with Crippen molar-refractivity contribution < 1.29 is 19.3 Å². The number of para-hydroxylation sites is 1. The number of rotatable bonds is 3. The minimum Gasteiger partial charge on any atom is -0.311 e. The topological polar surface area (TPSA) is 80.9 Å². The van der Waals surface area contributed by atoms with Crippen molar-refractivity contribution in [1.29, 1.82) is 0 Å². The highest BCUT2D eigenvalue weighted by Gasteiger charge is 2.66. The second-order valence-electron chi connectivity index (χ2n) is 9.71. The zero-order valence-corrected chi connectivity index (χ0v) is 17.1. The van der Waals surface area contributed by atoms with Crippen LogP contribution >= 0.6 is 0 Å². The number of carbonyl (C=O) groups excluding carboxylic acids is 1. The lowest BCUT2D eigenvalue weighted by atomic mass is 9.53. The summed E-state index contributed by atoms with van der Waals surface area (Å²) in [6.07, 6.45) is 10.4. The van der Waals surface area contributed by atoms with E-state index in [0.29, 0.717) is 24.7 Å². The van der Waals surface area contributed by atoms with Crippen LogP contribution in [0.4, 0.5) is 10.5 Å². The molecule has 4 bridgehead atoms. The number of hydrogen-bond donors (Lipinski definition) is 3. The summed E-state index contributed by atoms with van der Waals surface area (Å²) >= 11 is 0. The van der Waals surface area contributed by atoms with Crippen LogP contribution in [0.2, 0.25) is 0 Å². The summed E-state index contributed by atoms with van der Waals surface area (Å²) in [7, 11) is 0. The third kappa shape index (κ3) is 3.11. The van der Waals surface area contributed by atoms with Crippen molar-refractivity contribution in [2.24, 2.45) is 23.7 Å². The van der Waals surface area contributed by atoms with Crippen LogP contribution in [0.25, 0.3) is 0 Å². The highest BCUT2D eigenvalue weighted by molar-refractivity contribution is 5.88. The number of hydrogen-bond acceptors (Lipinski definition) is 5. The van der Waals surface area contributed by atoms with E-state index in [-0.39, 0.29) is 6.03 Å². The molecule has 6 aliphatic rings. The van der Waals surface area contributed by atoms with E-state index < -0.39 is 11.6 Å². The zero-order valence-electron chi connectivity index (χ0n) is 17.1. The summed E-state index contributed by atoms with van der Waals surface area (Å²) < 4.78 is 6.69. The van der Waals surface area contributed by atoms with Gasteiger partial charge in [-0.25, -0.2) is 4.79 Å². The van der Waals surface area contributed by atoms with Crippen molar-refractivity contribution in [3.63, 3.8) is 0 Å². The Morgan fingerprint density at radius 2 is 1.70 bits per heavy atom. The summed E-state index contributed by atoms with van der Waals surface area (Å²) in [5.74, 6) is 1.45. The molecule has 7 heteroatoms. The van der Waals surface area contributed by atoms with Gasteiger partial charge in [-0.05, 0) is 62.5 Å². The van der Waals surface area contributed by atoms with Crippen LogP contribution < -0.4 is 16.2 Å². The van der Waals surface area contributed by atoms with Crippen molar-refractivity contribution in [3.05, 3.63) is 42.1 Å². The molecule has 160 valence electrons. The quantitative estimate of drug-likeness (QED) is 0.513. The van der Waals surface area contributed by atoms with E-state index >= 15 is 0 Å². The lowest BCUT2D eigenvalue weighted by molar-refractivity contribution is -0.389. The molecule has 7 rings (SSSR count). The Labute approximate surface area is 176 Å². The van der Waals surface area contributed by atoms with Gasteiger partial charge in [-0.1, -0.05) is 24.3 Å². The van der Waals surface area contributed by atoms with Crippen molar-refractivity contribution in [2.45, 2.75) is 62.9 Å². The molecule has 30 heavy (non-hydrogen) atoms. The van der Waals surface area contributed by atoms with Crippen LogP contribution in [0.1, 0.15) is 51.4 Å². The summed E-state index contributed by atoms with van der Waals surface area (Å²) in [5.41, 5.74) is 7.42. The second-order valence-corrected chi connectivity index (χ2v) is 9.71. The summed E-state index contributed by atoms with van der Waals surface area (Å²) in [6.45, 7) is 0. The van der Waals surface area contributed by atoms with Gasteiger partial charge in [0, 0.05) is 36.1 Å². The van der Waals surface area contributed by atoms with Crippen LogP contribution in [-0.4, -0.2) is 17.6 Å². The van der Waals surface area contributed by atoms with Gasteiger partial charge in [0.15, 0.2) is 0 Å². The lowest BCUT2D eigenvalue weighted by Crippen LogP contribution is -2.59. The molecule has 1 aromatic carbocycles. The third-order valence-electron chi connectivity index (χ3n) is 7.75. The van der Waals surface area contributed by atoms with E-state index in [1.165, 1.54) is 32.1 Å². The van der Waals surface area contributed by atoms with E-state index in [1.54, 1.807) is 0 Å². The summed E-state index contributed by atoms with van der Waals surface area (Å²) in [4.78, 5) is 24.0. The van der Waals surface area contributed by atoms with Crippen molar-refractivity contribution >= 4 is 11.7 Å². The van der Waals surface area contributed by atoms with Gasteiger partial charge < -0.3 is 15.5 Å². The van der Waals surface area contributed by atoms with E-state index in [2.05, 4.69) is 16.2 Å². The van der Waals surface area contributed by atoms with Crippen molar-refractivity contribution in [1.82, 2.24) is 10.9 Å². The molecule has 1 heterocycles. The first-order valence-electron chi connectivity index (χ1n) is 11.3. The van der Waals surface area contributed by atoms with Gasteiger partial charge in [0.2, 0.25) is 11.6 Å². The predicted molar refractivity (Wildman–Crippen MR) is 109 cm³/mol. The number of carbonyl (C=O) groups is 1. The first kappa shape index (κ1) is 18.7. The molecule has 1 aliphatic heterocycles. The van der Waals surface area contributed by atoms with Gasteiger partial charge in [-0.15, -0.1) is 0 Å².